The zero-order valence-corrected chi connectivity index (χ0v) is 19.5. The van der Waals surface area contributed by atoms with Crippen LogP contribution in [0.4, 0.5) is 0 Å². The van der Waals surface area contributed by atoms with Crippen LogP contribution in [0.2, 0.25) is 0 Å². The Balaban J connectivity index is 0.00000364. The Hall–Kier alpha value is -1.77. The van der Waals surface area contributed by atoms with Crippen molar-refractivity contribution in [1.29, 1.82) is 0 Å². The molecular formula is C20H31IN4O2. The minimum absolute atomic E-state index is 0. The van der Waals surface area contributed by atoms with Gasteiger partial charge in [-0.15, -0.1) is 24.0 Å². The summed E-state index contributed by atoms with van der Waals surface area (Å²) < 4.78 is 10.8. The summed E-state index contributed by atoms with van der Waals surface area (Å²) in [6, 6.07) is 6.24. The van der Waals surface area contributed by atoms with Crippen molar-refractivity contribution in [3.8, 4) is 5.75 Å². The number of hydrogen-bond acceptors (Lipinski definition) is 4. The van der Waals surface area contributed by atoms with E-state index in [1.807, 2.05) is 26.0 Å². The van der Waals surface area contributed by atoms with E-state index in [9.17, 15) is 0 Å². The van der Waals surface area contributed by atoms with Gasteiger partial charge in [-0.05, 0) is 33.8 Å². The van der Waals surface area contributed by atoms with E-state index in [1.54, 1.807) is 14.2 Å². The monoisotopic (exact) mass is 486 g/mol. The minimum atomic E-state index is 0. The maximum atomic E-state index is 5.49. The zero-order valence-electron chi connectivity index (χ0n) is 17.2. The molecule has 0 spiro atoms. The van der Waals surface area contributed by atoms with Gasteiger partial charge in [0, 0.05) is 30.6 Å². The molecule has 0 radical (unpaired) electrons. The van der Waals surface area contributed by atoms with Crippen LogP contribution in [-0.4, -0.2) is 31.8 Å². The lowest BCUT2D eigenvalue weighted by Crippen LogP contribution is -2.40. The van der Waals surface area contributed by atoms with Gasteiger partial charge in [0.1, 0.15) is 11.5 Å². The number of guanidine groups is 1. The third kappa shape index (κ3) is 5.85. The second-order valence-corrected chi connectivity index (χ2v) is 6.70. The Morgan fingerprint density at radius 3 is 2.52 bits per heavy atom. The van der Waals surface area contributed by atoms with Gasteiger partial charge in [0.25, 0.3) is 0 Å². The first-order chi connectivity index (χ1) is 12.4. The third-order valence-electron chi connectivity index (χ3n) is 4.59. The van der Waals surface area contributed by atoms with Gasteiger partial charge in [0.15, 0.2) is 5.96 Å². The largest absolute Gasteiger partial charge is 0.496 e. The fourth-order valence-electron chi connectivity index (χ4n) is 3.22. The molecule has 0 bridgehead atoms. The average molecular weight is 486 g/mol. The van der Waals surface area contributed by atoms with Crippen molar-refractivity contribution < 1.29 is 9.26 Å². The van der Waals surface area contributed by atoms with E-state index in [1.165, 1.54) is 5.56 Å². The van der Waals surface area contributed by atoms with Crippen LogP contribution in [-0.2, 0) is 0 Å². The second-order valence-electron chi connectivity index (χ2n) is 6.70. The van der Waals surface area contributed by atoms with Crippen molar-refractivity contribution in [2.75, 3.05) is 20.7 Å². The number of aromatic nitrogens is 1. The van der Waals surface area contributed by atoms with Crippen LogP contribution in [0.25, 0.3) is 0 Å². The van der Waals surface area contributed by atoms with E-state index >= 15 is 0 Å². The lowest BCUT2D eigenvalue weighted by Gasteiger charge is -2.22. The first-order valence-corrected chi connectivity index (χ1v) is 8.91. The third-order valence-corrected chi connectivity index (χ3v) is 4.59. The Kier molecular flexibility index (Phi) is 9.08. The number of aliphatic imine (C=N–C) groups is 1. The quantitative estimate of drug-likeness (QED) is 0.363. The zero-order chi connectivity index (χ0) is 19.3. The lowest BCUT2D eigenvalue weighted by molar-refractivity contribution is 0.391. The van der Waals surface area contributed by atoms with Crippen molar-refractivity contribution in [2.45, 2.75) is 46.6 Å². The molecular weight excluding hydrogens is 455 g/mol. The molecule has 1 aromatic carbocycles. The predicted molar refractivity (Wildman–Crippen MR) is 120 cm³/mol. The number of aryl methyl sites for hydroxylation is 3. The Morgan fingerprint density at radius 2 is 1.96 bits per heavy atom. The van der Waals surface area contributed by atoms with Gasteiger partial charge in [-0.1, -0.05) is 29.8 Å². The molecule has 2 atom stereocenters. The Labute approximate surface area is 179 Å². The van der Waals surface area contributed by atoms with Crippen molar-refractivity contribution >= 4 is 29.9 Å². The summed E-state index contributed by atoms with van der Waals surface area (Å²) in [5.74, 6) is 2.76. The molecule has 2 N–H and O–H groups in total. The molecule has 2 unspecified atom stereocenters. The lowest BCUT2D eigenvalue weighted by atomic mass is 10.00. The molecule has 0 amide bonds. The van der Waals surface area contributed by atoms with Crippen molar-refractivity contribution in [2.24, 2.45) is 4.99 Å². The van der Waals surface area contributed by atoms with E-state index in [-0.39, 0.29) is 35.9 Å². The fraction of sp³-hybridized carbons (Fsp3) is 0.500. The molecule has 150 valence electrons. The van der Waals surface area contributed by atoms with Crippen LogP contribution in [0.1, 0.15) is 54.0 Å². The second kappa shape index (κ2) is 10.5. The summed E-state index contributed by atoms with van der Waals surface area (Å²) in [7, 11) is 3.47. The van der Waals surface area contributed by atoms with Gasteiger partial charge < -0.3 is 19.9 Å². The summed E-state index contributed by atoms with van der Waals surface area (Å²) in [4.78, 5) is 4.34. The molecule has 0 aliphatic heterocycles. The van der Waals surface area contributed by atoms with Crippen molar-refractivity contribution in [3.05, 3.63) is 46.3 Å². The first-order valence-electron chi connectivity index (χ1n) is 8.91. The molecule has 6 nitrogen and oxygen atoms in total. The standard InChI is InChI=1S/C20H30N4O2.HI/c1-12-8-9-18(25-7)17(10-12)14(3)23-20(21-6)22-11-13(2)19-15(4)24-26-16(19)5;/h8-10,13-14H,11H2,1-7H3,(H2,21,22,23);1H. The number of nitrogens with zero attached hydrogens (tertiary/aromatic N) is 2. The van der Waals surface area contributed by atoms with E-state index in [0.717, 1.165) is 40.8 Å². The summed E-state index contributed by atoms with van der Waals surface area (Å²) in [5, 5.41) is 10.9. The van der Waals surface area contributed by atoms with E-state index < -0.39 is 0 Å². The summed E-state index contributed by atoms with van der Waals surface area (Å²) in [6.07, 6.45) is 0. The highest BCUT2D eigenvalue weighted by Gasteiger charge is 2.18. The van der Waals surface area contributed by atoms with Gasteiger partial charge in [-0.25, -0.2) is 0 Å². The molecule has 0 fully saturated rings. The number of methoxy groups -OCH3 is 1. The number of halogens is 1. The normalized spacial score (nSPS) is 13.5. The molecule has 0 saturated heterocycles. The van der Waals surface area contributed by atoms with Gasteiger partial charge in [-0.2, -0.15) is 0 Å². The van der Waals surface area contributed by atoms with Crippen molar-refractivity contribution in [3.63, 3.8) is 0 Å². The summed E-state index contributed by atoms with van der Waals surface area (Å²) in [5.41, 5.74) is 4.40. The SMILES string of the molecule is CN=C(NCC(C)c1c(C)noc1C)NC(C)c1cc(C)ccc1OC.I. The van der Waals surface area contributed by atoms with E-state index in [4.69, 9.17) is 9.26 Å². The smallest absolute Gasteiger partial charge is 0.191 e. The summed E-state index contributed by atoms with van der Waals surface area (Å²) >= 11 is 0. The number of ether oxygens (including phenoxy) is 1. The maximum absolute atomic E-state index is 5.49. The van der Waals surface area contributed by atoms with Crippen molar-refractivity contribution in [1.82, 2.24) is 15.8 Å². The van der Waals surface area contributed by atoms with Gasteiger partial charge in [0.05, 0.1) is 18.8 Å². The average Bonchev–Trinajstić information content (AvgIpc) is 2.96. The molecule has 1 aromatic heterocycles. The molecule has 0 aliphatic rings. The van der Waals surface area contributed by atoms with Crippen LogP contribution in [0, 0.1) is 20.8 Å². The minimum Gasteiger partial charge on any atom is -0.496 e. The van der Waals surface area contributed by atoms with E-state index in [0.29, 0.717) is 0 Å². The first kappa shape index (κ1) is 23.3. The number of nitrogens with one attached hydrogen (secondary N) is 2. The van der Waals surface area contributed by atoms with Gasteiger partial charge >= 0.3 is 0 Å². The summed E-state index contributed by atoms with van der Waals surface area (Å²) in [6.45, 7) is 11.0. The van der Waals surface area contributed by atoms with E-state index in [2.05, 4.69) is 47.6 Å². The fourth-order valence-corrected chi connectivity index (χ4v) is 3.22. The highest BCUT2D eigenvalue weighted by Crippen LogP contribution is 2.26. The molecule has 2 rings (SSSR count). The molecule has 0 aliphatic carbocycles. The molecule has 0 saturated carbocycles. The van der Waals surface area contributed by atoms with Gasteiger partial charge in [0.2, 0.25) is 0 Å². The molecule has 2 aromatic rings. The maximum Gasteiger partial charge on any atom is 0.191 e. The Morgan fingerprint density at radius 1 is 1.26 bits per heavy atom. The van der Waals surface area contributed by atoms with Crippen LogP contribution in [0.5, 0.6) is 5.75 Å². The van der Waals surface area contributed by atoms with Crippen LogP contribution in [0.3, 0.4) is 0 Å². The van der Waals surface area contributed by atoms with Gasteiger partial charge in [-0.3, -0.25) is 4.99 Å². The topological polar surface area (TPSA) is 71.7 Å². The highest BCUT2D eigenvalue weighted by atomic mass is 127. The predicted octanol–water partition coefficient (Wildman–Crippen LogP) is 4.26. The molecule has 7 heteroatoms. The molecule has 27 heavy (non-hydrogen) atoms. The Bertz CT molecular complexity index is 754. The number of hydrogen-bond donors (Lipinski definition) is 2. The van der Waals surface area contributed by atoms with Crippen LogP contribution < -0.4 is 15.4 Å². The number of benzene rings is 1. The molecule has 1 heterocycles. The van der Waals surface area contributed by atoms with Crippen LogP contribution >= 0.6 is 24.0 Å². The number of rotatable bonds is 6. The highest BCUT2D eigenvalue weighted by molar-refractivity contribution is 14.0. The van der Waals surface area contributed by atoms with Crippen LogP contribution in [0.15, 0.2) is 27.7 Å².